The monoisotopic (exact) mass is 274 g/mol. The quantitative estimate of drug-likeness (QED) is 0.842. The zero-order valence-corrected chi connectivity index (χ0v) is 12.1. The summed E-state index contributed by atoms with van der Waals surface area (Å²) in [5.41, 5.74) is 2.44. The van der Waals surface area contributed by atoms with Gasteiger partial charge in [-0.05, 0) is 37.0 Å². The Bertz CT molecular complexity index is 559. The van der Waals surface area contributed by atoms with E-state index in [0.29, 0.717) is 6.42 Å². The zero-order valence-electron chi connectivity index (χ0n) is 12.1. The number of aromatic nitrogens is 2. The molecule has 0 amide bonds. The van der Waals surface area contributed by atoms with E-state index in [1.165, 1.54) is 0 Å². The standard InChI is InChI=1S/C16H22N2O2/c1-3-18-10-14(9-17-18)8-16(11-19,12-20)15-7-5-4-6-13(15)2/h4-7,9-10,19-20H,3,8,11-12H2,1-2H3. The summed E-state index contributed by atoms with van der Waals surface area (Å²) in [6.07, 6.45) is 4.35. The van der Waals surface area contributed by atoms with E-state index in [2.05, 4.69) is 5.10 Å². The van der Waals surface area contributed by atoms with Gasteiger partial charge in [0.1, 0.15) is 0 Å². The molecule has 2 aromatic rings. The van der Waals surface area contributed by atoms with Crippen LogP contribution in [0.15, 0.2) is 36.7 Å². The van der Waals surface area contributed by atoms with Crippen molar-refractivity contribution in [2.45, 2.75) is 32.2 Å². The molecule has 1 heterocycles. The molecular formula is C16H22N2O2. The van der Waals surface area contributed by atoms with Crippen LogP contribution in [0.25, 0.3) is 0 Å². The van der Waals surface area contributed by atoms with E-state index in [-0.39, 0.29) is 13.2 Å². The maximum atomic E-state index is 9.89. The normalized spacial score (nSPS) is 11.8. The lowest BCUT2D eigenvalue weighted by atomic mass is 9.75. The van der Waals surface area contributed by atoms with Crippen molar-refractivity contribution in [1.82, 2.24) is 9.78 Å². The predicted octanol–water partition coefficient (Wildman–Crippen LogP) is 1.68. The van der Waals surface area contributed by atoms with Gasteiger partial charge in [-0.2, -0.15) is 5.10 Å². The highest BCUT2D eigenvalue weighted by Gasteiger charge is 2.33. The minimum absolute atomic E-state index is 0.0916. The number of aryl methyl sites for hydroxylation is 2. The maximum Gasteiger partial charge on any atom is 0.0553 e. The van der Waals surface area contributed by atoms with Crippen molar-refractivity contribution in [1.29, 1.82) is 0 Å². The molecule has 0 unspecified atom stereocenters. The molecule has 20 heavy (non-hydrogen) atoms. The third-order valence-electron chi connectivity index (χ3n) is 3.87. The Labute approximate surface area is 119 Å². The Hall–Kier alpha value is -1.65. The number of nitrogens with zero attached hydrogens (tertiary/aromatic N) is 2. The molecule has 0 radical (unpaired) electrons. The summed E-state index contributed by atoms with van der Waals surface area (Å²) in [6, 6.07) is 7.89. The third kappa shape index (κ3) is 2.76. The van der Waals surface area contributed by atoms with Gasteiger partial charge in [0.15, 0.2) is 0 Å². The maximum absolute atomic E-state index is 9.89. The molecule has 2 N–H and O–H groups in total. The van der Waals surface area contributed by atoms with Gasteiger partial charge >= 0.3 is 0 Å². The number of aliphatic hydroxyl groups excluding tert-OH is 2. The Morgan fingerprint density at radius 2 is 1.90 bits per heavy atom. The highest BCUT2D eigenvalue weighted by atomic mass is 16.3. The molecular weight excluding hydrogens is 252 g/mol. The van der Waals surface area contributed by atoms with E-state index >= 15 is 0 Å². The summed E-state index contributed by atoms with van der Waals surface area (Å²) in [6.45, 7) is 4.67. The molecule has 1 aromatic carbocycles. The molecule has 4 heteroatoms. The average molecular weight is 274 g/mol. The zero-order chi connectivity index (χ0) is 14.6. The fraction of sp³-hybridized carbons (Fsp3) is 0.438. The molecule has 0 saturated heterocycles. The van der Waals surface area contributed by atoms with Crippen molar-refractivity contribution in [2.75, 3.05) is 13.2 Å². The van der Waals surface area contributed by atoms with Gasteiger partial charge in [-0.3, -0.25) is 4.68 Å². The average Bonchev–Trinajstić information content (AvgIpc) is 2.93. The first-order chi connectivity index (χ1) is 9.65. The van der Waals surface area contributed by atoms with Crippen LogP contribution < -0.4 is 0 Å². The Kier molecular flexibility index (Phi) is 4.57. The molecule has 0 fully saturated rings. The van der Waals surface area contributed by atoms with E-state index in [9.17, 15) is 10.2 Å². The Morgan fingerprint density at radius 1 is 1.20 bits per heavy atom. The van der Waals surface area contributed by atoms with Gasteiger partial charge in [-0.1, -0.05) is 24.3 Å². The molecule has 4 nitrogen and oxygen atoms in total. The summed E-state index contributed by atoms with van der Waals surface area (Å²) in [5, 5.41) is 24.0. The first kappa shape index (κ1) is 14.8. The SMILES string of the molecule is CCn1cc(CC(CO)(CO)c2ccccc2C)cn1. The van der Waals surface area contributed by atoms with Gasteiger partial charge in [-0.15, -0.1) is 0 Å². The molecule has 0 bridgehead atoms. The van der Waals surface area contributed by atoms with E-state index in [0.717, 1.165) is 23.2 Å². The second-order valence-electron chi connectivity index (χ2n) is 5.29. The molecule has 0 aliphatic rings. The first-order valence-corrected chi connectivity index (χ1v) is 6.94. The van der Waals surface area contributed by atoms with Crippen LogP contribution in [0, 0.1) is 6.92 Å². The van der Waals surface area contributed by atoms with Crippen LogP contribution in [0.1, 0.15) is 23.6 Å². The van der Waals surface area contributed by atoms with Gasteiger partial charge in [0.2, 0.25) is 0 Å². The van der Waals surface area contributed by atoms with Crippen molar-refractivity contribution in [3.63, 3.8) is 0 Å². The lowest BCUT2D eigenvalue weighted by Gasteiger charge is -2.31. The Balaban J connectivity index is 2.37. The molecule has 2 rings (SSSR count). The summed E-state index contributed by atoms with van der Waals surface area (Å²) in [4.78, 5) is 0. The highest BCUT2D eigenvalue weighted by Crippen LogP contribution is 2.30. The lowest BCUT2D eigenvalue weighted by Crippen LogP contribution is -2.38. The minimum atomic E-state index is -0.660. The van der Waals surface area contributed by atoms with Crippen molar-refractivity contribution in [2.24, 2.45) is 0 Å². The van der Waals surface area contributed by atoms with Gasteiger partial charge in [-0.25, -0.2) is 0 Å². The summed E-state index contributed by atoms with van der Waals surface area (Å²) in [7, 11) is 0. The number of hydrogen-bond acceptors (Lipinski definition) is 3. The van der Waals surface area contributed by atoms with Gasteiger partial charge in [0, 0.05) is 18.2 Å². The molecule has 0 aliphatic heterocycles. The van der Waals surface area contributed by atoms with Crippen molar-refractivity contribution in [3.05, 3.63) is 53.3 Å². The van der Waals surface area contributed by atoms with Crippen molar-refractivity contribution in [3.8, 4) is 0 Å². The topological polar surface area (TPSA) is 58.3 Å². The smallest absolute Gasteiger partial charge is 0.0553 e. The largest absolute Gasteiger partial charge is 0.395 e. The molecule has 0 aliphatic carbocycles. The van der Waals surface area contributed by atoms with Crippen molar-refractivity contribution >= 4 is 0 Å². The summed E-state index contributed by atoms with van der Waals surface area (Å²) in [5.74, 6) is 0. The van der Waals surface area contributed by atoms with E-state index in [4.69, 9.17) is 0 Å². The second-order valence-corrected chi connectivity index (χ2v) is 5.29. The van der Waals surface area contributed by atoms with Crippen LogP contribution in [-0.4, -0.2) is 33.2 Å². The fourth-order valence-electron chi connectivity index (χ4n) is 2.66. The molecule has 0 spiro atoms. The molecule has 0 atom stereocenters. The van der Waals surface area contributed by atoms with Crippen molar-refractivity contribution < 1.29 is 10.2 Å². The number of aliphatic hydroxyl groups is 2. The van der Waals surface area contributed by atoms with Crippen LogP contribution in [0.2, 0.25) is 0 Å². The number of rotatable bonds is 6. The molecule has 108 valence electrons. The van der Waals surface area contributed by atoms with Crippen LogP contribution in [0.3, 0.4) is 0 Å². The highest BCUT2D eigenvalue weighted by molar-refractivity contribution is 5.35. The van der Waals surface area contributed by atoms with E-state index in [1.807, 2.05) is 55.2 Å². The Morgan fingerprint density at radius 3 is 2.45 bits per heavy atom. The second kappa shape index (κ2) is 6.20. The lowest BCUT2D eigenvalue weighted by molar-refractivity contribution is 0.115. The third-order valence-corrected chi connectivity index (χ3v) is 3.87. The van der Waals surface area contributed by atoms with Gasteiger partial charge < -0.3 is 10.2 Å². The van der Waals surface area contributed by atoms with Gasteiger partial charge in [0.05, 0.1) is 19.4 Å². The minimum Gasteiger partial charge on any atom is -0.395 e. The van der Waals surface area contributed by atoms with Crippen LogP contribution in [0.4, 0.5) is 0 Å². The first-order valence-electron chi connectivity index (χ1n) is 6.94. The summed E-state index contributed by atoms with van der Waals surface area (Å²) >= 11 is 0. The predicted molar refractivity (Wildman–Crippen MR) is 78.6 cm³/mol. The van der Waals surface area contributed by atoms with Crippen LogP contribution in [-0.2, 0) is 18.4 Å². The van der Waals surface area contributed by atoms with Gasteiger partial charge in [0.25, 0.3) is 0 Å². The number of benzene rings is 1. The van der Waals surface area contributed by atoms with Crippen LogP contribution in [0.5, 0.6) is 0 Å². The fourth-order valence-corrected chi connectivity index (χ4v) is 2.66. The summed E-state index contributed by atoms with van der Waals surface area (Å²) < 4.78 is 1.85. The van der Waals surface area contributed by atoms with E-state index < -0.39 is 5.41 Å². The van der Waals surface area contributed by atoms with Crippen LogP contribution >= 0.6 is 0 Å². The molecule has 0 saturated carbocycles. The number of hydrogen-bond donors (Lipinski definition) is 2. The van der Waals surface area contributed by atoms with E-state index in [1.54, 1.807) is 0 Å². The molecule has 1 aromatic heterocycles.